The first-order valence-electron chi connectivity index (χ1n) is 6.22. The smallest absolute Gasteiger partial charge is 0.323 e. The molecule has 19 heavy (non-hydrogen) atoms. The van der Waals surface area contributed by atoms with Crippen LogP contribution in [0.15, 0.2) is 18.3 Å². The molecule has 1 N–H and O–H groups in total. The van der Waals surface area contributed by atoms with E-state index < -0.39 is 5.97 Å². The maximum absolute atomic E-state index is 12.3. The van der Waals surface area contributed by atoms with Crippen LogP contribution in [-0.4, -0.2) is 39.5 Å². The monoisotopic (exact) mass is 282 g/mol. The number of aromatic nitrogens is 1. The zero-order valence-corrected chi connectivity index (χ0v) is 11.1. The van der Waals surface area contributed by atoms with E-state index >= 15 is 0 Å². The van der Waals surface area contributed by atoms with Crippen molar-refractivity contribution in [2.24, 2.45) is 0 Å². The number of carbonyl (C=O) groups is 2. The molecule has 1 aromatic heterocycles. The van der Waals surface area contributed by atoms with Gasteiger partial charge in [0.15, 0.2) is 0 Å². The Morgan fingerprint density at radius 1 is 1.37 bits per heavy atom. The minimum absolute atomic E-state index is 0.000998. The van der Waals surface area contributed by atoms with E-state index in [-0.39, 0.29) is 24.2 Å². The van der Waals surface area contributed by atoms with Crippen LogP contribution in [0.25, 0.3) is 0 Å². The van der Waals surface area contributed by atoms with E-state index in [4.69, 9.17) is 16.7 Å². The zero-order chi connectivity index (χ0) is 13.8. The van der Waals surface area contributed by atoms with E-state index in [0.29, 0.717) is 5.02 Å². The normalized spacial score (nSPS) is 15.4. The molecule has 5 nitrogen and oxygen atoms in total. The number of halogens is 1. The van der Waals surface area contributed by atoms with Crippen molar-refractivity contribution in [1.29, 1.82) is 0 Å². The number of nitrogens with zero attached hydrogens (tertiary/aromatic N) is 2. The van der Waals surface area contributed by atoms with Crippen LogP contribution in [-0.2, 0) is 4.79 Å². The van der Waals surface area contributed by atoms with Gasteiger partial charge >= 0.3 is 5.97 Å². The molecule has 0 atom stereocenters. The average Bonchev–Trinajstić information content (AvgIpc) is 2.89. The van der Waals surface area contributed by atoms with E-state index in [9.17, 15) is 9.59 Å². The van der Waals surface area contributed by atoms with Gasteiger partial charge in [-0.25, -0.2) is 4.98 Å². The number of carboxylic acid groups (broad SMARTS) is 1. The summed E-state index contributed by atoms with van der Waals surface area (Å²) in [6.07, 6.45) is 5.16. The Bertz CT molecular complexity index is 469. The summed E-state index contributed by atoms with van der Waals surface area (Å²) in [6.45, 7) is -0.284. The summed E-state index contributed by atoms with van der Waals surface area (Å²) in [7, 11) is 0. The molecule has 0 saturated heterocycles. The third-order valence-electron chi connectivity index (χ3n) is 3.28. The van der Waals surface area contributed by atoms with Crippen molar-refractivity contribution < 1.29 is 14.7 Å². The second-order valence-electron chi connectivity index (χ2n) is 4.63. The second kappa shape index (κ2) is 6.02. The highest BCUT2D eigenvalue weighted by Crippen LogP contribution is 2.24. The number of hydrogen-bond acceptors (Lipinski definition) is 3. The summed E-state index contributed by atoms with van der Waals surface area (Å²) < 4.78 is 0. The van der Waals surface area contributed by atoms with E-state index in [0.717, 1.165) is 25.7 Å². The van der Waals surface area contributed by atoms with Gasteiger partial charge in [0.05, 0.1) is 5.02 Å². The summed E-state index contributed by atoms with van der Waals surface area (Å²) >= 11 is 5.73. The first-order chi connectivity index (χ1) is 9.08. The predicted molar refractivity (Wildman–Crippen MR) is 70.2 cm³/mol. The Kier molecular flexibility index (Phi) is 4.37. The summed E-state index contributed by atoms with van der Waals surface area (Å²) in [5.41, 5.74) is 0.234. The van der Waals surface area contributed by atoms with Crippen LogP contribution in [0.4, 0.5) is 0 Å². The molecule has 0 unspecified atom stereocenters. The molecule has 0 aliphatic heterocycles. The second-order valence-corrected chi connectivity index (χ2v) is 5.06. The van der Waals surface area contributed by atoms with Crippen molar-refractivity contribution in [3.05, 3.63) is 29.0 Å². The molecular formula is C13H15ClN2O3. The average molecular weight is 283 g/mol. The molecule has 0 radical (unpaired) electrons. The first kappa shape index (κ1) is 13.8. The van der Waals surface area contributed by atoms with E-state index in [1.807, 2.05) is 0 Å². The lowest BCUT2D eigenvalue weighted by Gasteiger charge is -2.26. The molecule has 1 heterocycles. The number of pyridine rings is 1. The maximum Gasteiger partial charge on any atom is 0.323 e. The number of amides is 1. The highest BCUT2D eigenvalue weighted by molar-refractivity contribution is 6.30. The number of hydrogen-bond donors (Lipinski definition) is 1. The topological polar surface area (TPSA) is 70.5 Å². The first-order valence-corrected chi connectivity index (χ1v) is 6.60. The summed E-state index contributed by atoms with van der Waals surface area (Å²) in [6, 6.07) is 3.10. The molecule has 102 valence electrons. The van der Waals surface area contributed by atoms with Crippen LogP contribution in [0.2, 0.25) is 5.02 Å². The third-order valence-corrected chi connectivity index (χ3v) is 3.50. The molecule has 6 heteroatoms. The fraction of sp³-hybridized carbons (Fsp3) is 0.462. The Morgan fingerprint density at radius 3 is 2.58 bits per heavy atom. The summed E-state index contributed by atoms with van der Waals surface area (Å²) in [5, 5.41) is 9.40. The van der Waals surface area contributed by atoms with Gasteiger partial charge in [-0.1, -0.05) is 24.4 Å². The van der Waals surface area contributed by atoms with Crippen molar-refractivity contribution in [2.45, 2.75) is 31.7 Å². The van der Waals surface area contributed by atoms with Crippen molar-refractivity contribution in [3.8, 4) is 0 Å². The number of carbonyl (C=O) groups excluding carboxylic acids is 1. The molecular weight excluding hydrogens is 268 g/mol. The molecule has 1 aliphatic carbocycles. The van der Waals surface area contributed by atoms with Gasteiger partial charge in [-0.05, 0) is 25.0 Å². The Labute approximate surface area is 116 Å². The Morgan fingerprint density at radius 2 is 2.05 bits per heavy atom. The molecule has 0 spiro atoms. The molecule has 1 aliphatic rings. The molecule has 1 saturated carbocycles. The van der Waals surface area contributed by atoms with Gasteiger partial charge in [0.25, 0.3) is 5.91 Å². The van der Waals surface area contributed by atoms with Crippen LogP contribution in [0.5, 0.6) is 0 Å². The highest BCUT2D eigenvalue weighted by Gasteiger charge is 2.29. The van der Waals surface area contributed by atoms with Crippen molar-refractivity contribution in [1.82, 2.24) is 9.88 Å². The third kappa shape index (κ3) is 3.44. The molecule has 1 aromatic rings. The minimum Gasteiger partial charge on any atom is -0.480 e. The van der Waals surface area contributed by atoms with E-state index in [2.05, 4.69) is 4.98 Å². The van der Waals surface area contributed by atoms with Gasteiger partial charge in [0, 0.05) is 12.2 Å². The van der Waals surface area contributed by atoms with E-state index in [1.54, 1.807) is 6.07 Å². The fourth-order valence-corrected chi connectivity index (χ4v) is 2.49. The van der Waals surface area contributed by atoms with Gasteiger partial charge < -0.3 is 10.0 Å². The van der Waals surface area contributed by atoms with Crippen LogP contribution >= 0.6 is 11.6 Å². The summed E-state index contributed by atoms with van der Waals surface area (Å²) in [5.74, 6) is -1.35. The number of carboxylic acids is 1. The van der Waals surface area contributed by atoms with Crippen LogP contribution in [0.1, 0.15) is 36.2 Å². The lowest BCUT2D eigenvalue weighted by Crippen LogP contribution is -2.42. The lowest BCUT2D eigenvalue weighted by atomic mass is 10.2. The molecule has 0 aromatic carbocycles. The quantitative estimate of drug-likeness (QED) is 0.919. The maximum atomic E-state index is 12.3. The highest BCUT2D eigenvalue weighted by atomic mass is 35.5. The molecule has 1 amide bonds. The van der Waals surface area contributed by atoms with Crippen molar-refractivity contribution >= 4 is 23.5 Å². The predicted octanol–water partition coefficient (Wildman–Crippen LogP) is 2.20. The van der Waals surface area contributed by atoms with E-state index in [1.165, 1.54) is 17.2 Å². The zero-order valence-electron chi connectivity index (χ0n) is 10.4. The molecule has 0 bridgehead atoms. The fourth-order valence-electron chi connectivity index (χ4n) is 2.38. The van der Waals surface area contributed by atoms with Crippen molar-refractivity contribution in [3.63, 3.8) is 0 Å². The number of rotatable bonds is 4. The molecule has 2 rings (SSSR count). The van der Waals surface area contributed by atoms with Gasteiger partial charge in [-0.15, -0.1) is 0 Å². The van der Waals surface area contributed by atoms with Gasteiger partial charge in [-0.3, -0.25) is 9.59 Å². The minimum atomic E-state index is -1.01. The largest absolute Gasteiger partial charge is 0.480 e. The molecule has 1 fully saturated rings. The lowest BCUT2D eigenvalue weighted by molar-refractivity contribution is -0.138. The standard InChI is InChI=1S/C13H15ClN2O3/c14-9-5-6-11(15-7-9)13(19)16(8-12(17)18)10-3-1-2-4-10/h5-7,10H,1-4,8H2,(H,17,18). The summed E-state index contributed by atoms with van der Waals surface area (Å²) in [4.78, 5) is 28.6. The van der Waals surface area contributed by atoms with Gasteiger partial charge in [0.1, 0.15) is 12.2 Å². The SMILES string of the molecule is O=C(O)CN(C(=O)c1ccc(Cl)cn1)C1CCCC1. The van der Waals surface area contributed by atoms with Crippen LogP contribution in [0, 0.1) is 0 Å². The van der Waals surface area contributed by atoms with Gasteiger partial charge in [0.2, 0.25) is 0 Å². The van der Waals surface area contributed by atoms with Crippen LogP contribution < -0.4 is 0 Å². The van der Waals surface area contributed by atoms with Crippen molar-refractivity contribution in [2.75, 3.05) is 6.54 Å². The number of aliphatic carboxylic acids is 1. The van der Waals surface area contributed by atoms with Crippen LogP contribution in [0.3, 0.4) is 0 Å². The van der Waals surface area contributed by atoms with Gasteiger partial charge in [-0.2, -0.15) is 0 Å². The Hall–Kier alpha value is -1.62. The Balaban J connectivity index is 2.18.